The molecule has 2 aromatic rings. The van der Waals surface area contributed by atoms with Gasteiger partial charge in [0.15, 0.2) is 0 Å². The van der Waals surface area contributed by atoms with Crippen LogP contribution in [0.15, 0.2) is 42.5 Å². The average Bonchev–Trinajstić information content (AvgIpc) is 2.96. The van der Waals surface area contributed by atoms with Crippen LogP contribution in [0.1, 0.15) is 11.1 Å². The van der Waals surface area contributed by atoms with Gasteiger partial charge in [-0.15, -0.1) is 0 Å². The van der Waals surface area contributed by atoms with Crippen molar-refractivity contribution in [3.8, 4) is 5.75 Å². The summed E-state index contributed by atoms with van der Waals surface area (Å²) in [6.07, 6.45) is 0.818. The van der Waals surface area contributed by atoms with Gasteiger partial charge in [-0.2, -0.15) is 0 Å². The van der Waals surface area contributed by atoms with Crippen molar-refractivity contribution >= 4 is 23.3 Å². The molecule has 1 aliphatic rings. The molecule has 0 spiro atoms. The molecule has 22 heavy (non-hydrogen) atoms. The molecular formula is C17H17ClN2O2. The van der Waals surface area contributed by atoms with Crippen LogP contribution in [0.25, 0.3) is 0 Å². The molecule has 0 radical (unpaired) electrons. The Kier molecular flexibility index (Phi) is 4.20. The van der Waals surface area contributed by atoms with Crippen LogP contribution >= 0.6 is 11.6 Å². The van der Waals surface area contributed by atoms with Crippen molar-refractivity contribution in [1.29, 1.82) is 0 Å². The predicted molar refractivity (Wildman–Crippen MR) is 87.6 cm³/mol. The van der Waals surface area contributed by atoms with E-state index in [0.717, 1.165) is 23.3 Å². The number of amides is 2. The summed E-state index contributed by atoms with van der Waals surface area (Å²) in [5.41, 5.74) is 2.74. The van der Waals surface area contributed by atoms with Gasteiger partial charge in [0.2, 0.25) is 0 Å². The van der Waals surface area contributed by atoms with Crippen LogP contribution in [-0.2, 0) is 13.0 Å². The predicted octanol–water partition coefficient (Wildman–Crippen LogP) is 3.94. The number of carbonyl (C=O) groups excluding carboxylic acids is 1. The molecule has 0 atom stereocenters. The maximum Gasteiger partial charge on any atom is 0.321 e. The van der Waals surface area contributed by atoms with Gasteiger partial charge in [-0.05, 0) is 17.7 Å². The minimum atomic E-state index is -0.191. The third-order valence-electron chi connectivity index (χ3n) is 3.60. The first-order valence-corrected chi connectivity index (χ1v) is 7.52. The number of fused-ring (bicyclic) bond motifs is 1. The summed E-state index contributed by atoms with van der Waals surface area (Å²) in [7, 11) is 1.76. The van der Waals surface area contributed by atoms with E-state index >= 15 is 0 Å². The van der Waals surface area contributed by atoms with E-state index in [0.29, 0.717) is 23.9 Å². The van der Waals surface area contributed by atoms with E-state index in [9.17, 15) is 4.79 Å². The second-order valence-corrected chi connectivity index (χ2v) is 5.75. The molecule has 1 aliphatic heterocycles. The Labute approximate surface area is 134 Å². The maximum atomic E-state index is 12.3. The minimum absolute atomic E-state index is 0.191. The molecule has 0 aromatic heterocycles. The summed E-state index contributed by atoms with van der Waals surface area (Å²) in [5.74, 6) is 0.728. The van der Waals surface area contributed by atoms with Gasteiger partial charge < -0.3 is 15.0 Å². The summed E-state index contributed by atoms with van der Waals surface area (Å²) in [4.78, 5) is 14.0. The van der Waals surface area contributed by atoms with Crippen LogP contribution in [0.4, 0.5) is 10.5 Å². The molecule has 0 saturated heterocycles. The summed E-state index contributed by atoms with van der Waals surface area (Å²) in [5, 5.41) is 3.48. The van der Waals surface area contributed by atoms with E-state index in [2.05, 4.69) is 5.32 Å². The highest BCUT2D eigenvalue weighted by Gasteiger charge is 2.20. The summed E-state index contributed by atoms with van der Waals surface area (Å²) >= 11 is 6.10. The third-order valence-corrected chi connectivity index (χ3v) is 3.82. The molecule has 0 bridgehead atoms. The molecule has 2 aromatic carbocycles. The third kappa shape index (κ3) is 3.17. The largest absolute Gasteiger partial charge is 0.491 e. The Balaban J connectivity index is 1.72. The molecule has 1 heterocycles. The Morgan fingerprint density at radius 3 is 2.86 bits per heavy atom. The fourth-order valence-electron chi connectivity index (χ4n) is 2.50. The normalized spacial score (nSPS) is 12.5. The maximum absolute atomic E-state index is 12.3. The summed E-state index contributed by atoms with van der Waals surface area (Å²) in [6, 6.07) is 13.3. The highest BCUT2D eigenvalue weighted by Crippen LogP contribution is 2.36. The Morgan fingerprint density at radius 2 is 2.09 bits per heavy atom. The van der Waals surface area contributed by atoms with Gasteiger partial charge in [0, 0.05) is 30.6 Å². The van der Waals surface area contributed by atoms with Crippen LogP contribution in [0.3, 0.4) is 0 Å². The number of nitrogens with zero attached hydrogens (tertiary/aromatic N) is 1. The number of urea groups is 1. The Bertz CT molecular complexity index is 689. The minimum Gasteiger partial charge on any atom is -0.491 e. The molecule has 2 amide bonds. The highest BCUT2D eigenvalue weighted by atomic mass is 35.5. The molecule has 0 unspecified atom stereocenters. The van der Waals surface area contributed by atoms with Gasteiger partial charge >= 0.3 is 6.03 Å². The van der Waals surface area contributed by atoms with E-state index in [1.165, 1.54) is 0 Å². The molecule has 3 rings (SSSR count). The standard InChI is InChI=1S/C17H17ClN2O2/c1-20(11-12-5-3-2-4-6-12)17(21)19-15-10-14(18)9-13-7-8-22-16(13)15/h2-6,9-10H,7-8,11H2,1H3,(H,19,21). The molecule has 114 valence electrons. The zero-order valence-corrected chi connectivity index (χ0v) is 13.1. The quantitative estimate of drug-likeness (QED) is 0.932. The Morgan fingerprint density at radius 1 is 1.32 bits per heavy atom. The van der Waals surface area contributed by atoms with Crippen LogP contribution < -0.4 is 10.1 Å². The second-order valence-electron chi connectivity index (χ2n) is 5.31. The molecule has 1 N–H and O–H groups in total. The number of benzene rings is 2. The SMILES string of the molecule is CN(Cc1ccccc1)C(=O)Nc1cc(Cl)cc2c1OCC2. The van der Waals surface area contributed by atoms with Crippen molar-refractivity contribution < 1.29 is 9.53 Å². The summed E-state index contributed by atoms with van der Waals surface area (Å²) < 4.78 is 5.59. The zero-order chi connectivity index (χ0) is 15.5. The molecule has 0 aliphatic carbocycles. The number of halogens is 1. The first-order chi connectivity index (χ1) is 10.6. The fourth-order valence-corrected chi connectivity index (χ4v) is 2.74. The number of nitrogens with one attached hydrogen (secondary N) is 1. The van der Waals surface area contributed by atoms with Crippen LogP contribution in [-0.4, -0.2) is 24.6 Å². The highest BCUT2D eigenvalue weighted by molar-refractivity contribution is 6.31. The average molecular weight is 317 g/mol. The monoisotopic (exact) mass is 316 g/mol. The molecule has 0 saturated carbocycles. The number of hydrogen-bond donors (Lipinski definition) is 1. The lowest BCUT2D eigenvalue weighted by atomic mass is 10.1. The van der Waals surface area contributed by atoms with Crippen molar-refractivity contribution in [2.75, 3.05) is 19.0 Å². The van der Waals surface area contributed by atoms with Crippen molar-refractivity contribution in [2.24, 2.45) is 0 Å². The van der Waals surface area contributed by atoms with Gasteiger partial charge in [-0.1, -0.05) is 41.9 Å². The number of ether oxygens (including phenoxy) is 1. The number of hydrogen-bond acceptors (Lipinski definition) is 2. The van der Waals surface area contributed by atoms with Gasteiger partial charge in [0.25, 0.3) is 0 Å². The first-order valence-electron chi connectivity index (χ1n) is 7.15. The molecule has 4 nitrogen and oxygen atoms in total. The van der Waals surface area contributed by atoms with Gasteiger partial charge in [0.05, 0.1) is 12.3 Å². The van der Waals surface area contributed by atoms with E-state index in [1.807, 2.05) is 36.4 Å². The zero-order valence-electron chi connectivity index (χ0n) is 12.3. The van der Waals surface area contributed by atoms with Crippen molar-refractivity contribution in [2.45, 2.75) is 13.0 Å². The van der Waals surface area contributed by atoms with Crippen molar-refractivity contribution in [3.05, 3.63) is 58.6 Å². The smallest absolute Gasteiger partial charge is 0.321 e. The topological polar surface area (TPSA) is 41.6 Å². The molecular weight excluding hydrogens is 300 g/mol. The van der Waals surface area contributed by atoms with Crippen LogP contribution in [0, 0.1) is 0 Å². The molecule has 0 fully saturated rings. The van der Waals surface area contributed by atoms with Crippen molar-refractivity contribution in [3.63, 3.8) is 0 Å². The van der Waals surface area contributed by atoms with E-state index in [4.69, 9.17) is 16.3 Å². The van der Waals surface area contributed by atoms with E-state index in [1.54, 1.807) is 18.0 Å². The second kappa shape index (κ2) is 6.28. The molecule has 5 heteroatoms. The van der Waals surface area contributed by atoms with Crippen LogP contribution in [0.2, 0.25) is 5.02 Å². The van der Waals surface area contributed by atoms with Crippen LogP contribution in [0.5, 0.6) is 5.75 Å². The lowest BCUT2D eigenvalue weighted by molar-refractivity contribution is 0.220. The van der Waals surface area contributed by atoms with E-state index in [-0.39, 0.29) is 6.03 Å². The van der Waals surface area contributed by atoms with Gasteiger partial charge in [-0.3, -0.25) is 0 Å². The van der Waals surface area contributed by atoms with Gasteiger partial charge in [0.1, 0.15) is 5.75 Å². The lowest BCUT2D eigenvalue weighted by Crippen LogP contribution is -2.30. The fraction of sp³-hybridized carbons (Fsp3) is 0.235. The van der Waals surface area contributed by atoms with Gasteiger partial charge in [-0.25, -0.2) is 4.79 Å². The number of rotatable bonds is 3. The number of carbonyl (C=O) groups is 1. The Hall–Kier alpha value is -2.20. The van der Waals surface area contributed by atoms with Crippen molar-refractivity contribution in [1.82, 2.24) is 4.90 Å². The number of anilines is 1. The summed E-state index contributed by atoms with van der Waals surface area (Å²) in [6.45, 7) is 1.16. The first kappa shape index (κ1) is 14.7. The lowest BCUT2D eigenvalue weighted by Gasteiger charge is -2.19. The van der Waals surface area contributed by atoms with E-state index < -0.39 is 0 Å².